The van der Waals surface area contributed by atoms with Gasteiger partial charge in [0.2, 0.25) is 0 Å². The zero-order valence-corrected chi connectivity index (χ0v) is 15.1. The van der Waals surface area contributed by atoms with Crippen LogP contribution < -0.4 is 0 Å². The van der Waals surface area contributed by atoms with Crippen molar-refractivity contribution in [3.8, 4) is 0 Å². The highest BCUT2D eigenvalue weighted by atomic mass is 16.5. The third-order valence-electron chi connectivity index (χ3n) is 3.97. The van der Waals surface area contributed by atoms with Crippen LogP contribution in [0.4, 0.5) is 0 Å². The van der Waals surface area contributed by atoms with Gasteiger partial charge in [-0.3, -0.25) is 4.79 Å². The normalized spacial score (nSPS) is 11.2. The molecular formula is C20H38O2. The van der Waals surface area contributed by atoms with Crippen LogP contribution in [0.3, 0.4) is 0 Å². The van der Waals surface area contributed by atoms with Gasteiger partial charge in [0.25, 0.3) is 0 Å². The van der Waals surface area contributed by atoms with Gasteiger partial charge in [-0.1, -0.05) is 84.5 Å². The maximum Gasteiger partial charge on any atom is 0.310 e. The summed E-state index contributed by atoms with van der Waals surface area (Å²) in [6, 6.07) is 0. The van der Waals surface area contributed by atoms with Crippen molar-refractivity contribution >= 4 is 5.97 Å². The SMILES string of the molecule is CCCCCCCCCCCCCC/C=C/OC(=O)CCC. The summed E-state index contributed by atoms with van der Waals surface area (Å²) >= 11 is 0. The zero-order valence-electron chi connectivity index (χ0n) is 15.1. The van der Waals surface area contributed by atoms with Crippen molar-refractivity contribution in [1.82, 2.24) is 0 Å². The Kier molecular flexibility index (Phi) is 17.6. The molecule has 0 aliphatic rings. The first-order valence-corrected chi connectivity index (χ1v) is 9.65. The predicted octanol–water partition coefficient (Wildman–Crippen LogP) is 6.93. The van der Waals surface area contributed by atoms with Crippen LogP contribution in [0, 0.1) is 0 Å². The van der Waals surface area contributed by atoms with Crippen LogP contribution in [0.5, 0.6) is 0 Å². The van der Waals surface area contributed by atoms with Gasteiger partial charge in [0.1, 0.15) is 0 Å². The topological polar surface area (TPSA) is 26.3 Å². The number of ether oxygens (including phenoxy) is 1. The minimum absolute atomic E-state index is 0.117. The Morgan fingerprint density at radius 2 is 1.23 bits per heavy atom. The second kappa shape index (κ2) is 18.3. The molecule has 0 unspecified atom stereocenters. The van der Waals surface area contributed by atoms with Crippen LogP contribution >= 0.6 is 0 Å². The van der Waals surface area contributed by atoms with Crippen molar-refractivity contribution in [3.63, 3.8) is 0 Å². The molecular weight excluding hydrogens is 272 g/mol. The number of unbranched alkanes of at least 4 members (excludes halogenated alkanes) is 12. The summed E-state index contributed by atoms with van der Waals surface area (Å²) in [7, 11) is 0. The average Bonchev–Trinajstić information content (AvgIpc) is 2.51. The molecule has 0 aromatic rings. The van der Waals surface area contributed by atoms with Crippen molar-refractivity contribution in [2.45, 2.75) is 110 Å². The minimum atomic E-state index is -0.117. The van der Waals surface area contributed by atoms with Crippen LogP contribution in [0.15, 0.2) is 12.3 Å². The molecule has 0 radical (unpaired) electrons. The van der Waals surface area contributed by atoms with E-state index in [0.717, 1.165) is 12.8 Å². The van der Waals surface area contributed by atoms with Crippen LogP contribution in [0.1, 0.15) is 110 Å². The molecule has 0 aliphatic heterocycles. The van der Waals surface area contributed by atoms with Crippen molar-refractivity contribution in [2.24, 2.45) is 0 Å². The molecule has 0 bridgehead atoms. The lowest BCUT2D eigenvalue weighted by Crippen LogP contribution is -1.97. The van der Waals surface area contributed by atoms with Gasteiger partial charge in [0.15, 0.2) is 0 Å². The molecule has 0 fully saturated rings. The third kappa shape index (κ3) is 17.3. The molecule has 2 heteroatoms. The van der Waals surface area contributed by atoms with Gasteiger partial charge in [-0.05, 0) is 25.3 Å². The molecule has 22 heavy (non-hydrogen) atoms. The molecule has 0 heterocycles. The number of carbonyl (C=O) groups excluding carboxylic acids is 1. The smallest absolute Gasteiger partial charge is 0.310 e. The fraction of sp³-hybridized carbons (Fsp3) is 0.850. The Hall–Kier alpha value is -0.790. The summed E-state index contributed by atoms with van der Waals surface area (Å²) in [6.45, 7) is 4.26. The number of esters is 1. The maximum atomic E-state index is 11.1. The summed E-state index contributed by atoms with van der Waals surface area (Å²) in [6.07, 6.45) is 22.5. The standard InChI is InChI=1S/C20H38O2/c1-3-5-6-7-8-9-10-11-12-13-14-15-16-17-19-22-20(21)18-4-2/h17,19H,3-16,18H2,1-2H3/b19-17+. The van der Waals surface area contributed by atoms with Crippen LogP contribution in [0.25, 0.3) is 0 Å². The van der Waals surface area contributed by atoms with E-state index in [9.17, 15) is 4.79 Å². The van der Waals surface area contributed by atoms with Crippen molar-refractivity contribution in [1.29, 1.82) is 0 Å². The van der Waals surface area contributed by atoms with E-state index in [4.69, 9.17) is 4.74 Å². The second-order valence-electron chi connectivity index (χ2n) is 6.29. The van der Waals surface area contributed by atoms with Crippen LogP contribution in [-0.2, 0) is 9.53 Å². The average molecular weight is 311 g/mol. The molecule has 0 rings (SSSR count). The summed E-state index contributed by atoms with van der Waals surface area (Å²) in [5.41, 5.74) is 0. The van der Waals surface area contributed by atoms with Gasteiger partial charge in [-0.2, -0.15) is 0 Å². The van der Waals surface area contributed by atoms with Gasteiger partial charge >= 0.3 is 5.97 Å². The highest BCUT2D eigenvalue weighted by Crippen LogP contribution is 2.12. The molecule has 0 aliphatic carbocycles. The van der Waals surface area contributed by atoms with Crippen LogP contribution in [-0.4, -0.2) is 5.97 Å². The van der Waals surface area contributed by atoms with E-state index in [2.05, 4.69) is 6.92 Å². The first kappa shape index (κ1) is 21.2. The molecule has 0 saturated carbocycles. The van der Waals surface area contributed by atoms with Gasteiger partial charge in [-0.25, -0.2) is 0 Å². The van der Waals surface area contributed by atoms with E-state index < -0.39 is 0 Å². The van der Waals surface area contributed by atoms with Crippen molar-refractivity contribution in [2.75, 3.05) is 0 Å². The van der Waals surface area contributed by atoms with E-state index in [1.165, 1.54) is 77.0 Å². The van der Waals surface area contributed by atoms with Gasteiger partial charge in [0, 0.05) is 6.42 Å². The Labute approximate surface area is 138 Å². The third-order valence-corrected chi connectivity index (χ3v) is 3.97. The summed E-state index contributed by atoms with van der Waals surface area (Å²) in [5.74, 6) is -0.117. The monoisotopic (exact) mass is 310 g/mol. The lowest BCUT2D eigenvalue weighted by Gasteiger charge is -2.02. The Morgan fingerprint density at radius 1 is 0.727 bits per heavy atom. The number of carbonyl (C=O) groups is 1. The molecule has 0 atom stereocenters. The molecule has 0 N–H and O–H groups in total. The predicted molar refractivity (Wildman–Crippen MR) is 95.8 cm³/mol. The quantitative estimate of drug-likeness (QED) is 0.175. The first-order chi connectivity index (χ1) is 10.8. The Bertz CT molecular complexity index is 258. The second-order valence-corrected chi connectivity index (χ2v) is 6.29. The Balaban J connectivity index is 3.11. The van der Waals surface area contributed by atoms with E-state index in [0.29, 0.717) is 6.42 Å². The van der Waals surface area contributed by atoms with E-state index in [-0.39, 0.29) is 5.97 Å². The minimum Gasteiger partial charge on any atom is -0.435 e. The molecule has 0 amide bonds. The fourth-order valence-electron chi connectivity index (χ4n) is 2.56. The highest BCUT2D eigenvalue weighted by molar-refractivity contribution is 5.69. The highest BCUT2D eigenvalue weighted by Gasteiger charge is 1.96. The largest absolute Gasteiger partial charge is 0.435 e. The number of allylic oxidation sites excluding steroid dienone is 1. The lowest BCUT2D eigenvalue weighted by atomic mass is 10.0. The fourth-order valence-corrected chi connectivity index (χ4v) is 2.56. The Morgan fingerprint density at radius 3 is 1.73 bits per heavy atom. The van der Waals surface area contributed by atoms with E-state index >= 15 is 0 Å². The number of rotatable bonds is 16. The summed E-state index contributed by atoms with van der Waals surface area (Å²) < 4.78 is 4.97. The molecule has 0 aromatic carbocycles. The zero-order chi connectivity index (χ0) is 16.3. The van der Waals surface area contributed by atoms with Crippen molar-refractivity contribution < 1.29 is 9.53 Å². The summed E-state index contributed by atoms with van der Waals surface area (Å²) in [5, 5.41) is 0. The van der Waals surface area contributed by atoms with E-state index in [1.807, 2.05) is 13.0 Å². The molecule has 0 spiro atoms. The van der Waals surface area contributed by atoms with E-state index in [1.54, 1.807) is 6.26 Å². The van der Waals surface area contributed by atoms with Gasteiger partial charge in [-0.15, -0.1) is 0 Å². The number of hydrogen-bond donors (Lipinski definition) is 0. The van der Waals surface area contributed by atoms with Crippen molar-refractivity contribution in [3.05, 3.63) is 12.3 Å². The molecule has 0 saturated heterocycles. The van der Waals surface area contributed by atoms with Crippen LogP contribution in [0.2, 0.25) is 0 Å². The van der Waals surface area contributed by atoms with Gasteiger partial charge in [0.05, 0.1) is 6.26 Å². The maximum absolute atomic E-state index is 11.1. The lowest BCUT2D eigenvalue weighted by molar-refractivity contribution is -0.138. The molecule has 0 aromatic heterocycles. The molecule has 2 nitrogen and oxygen atoms in total. The first-order valence-electron chi connectivity index (χ1n) is 9.65. The number of hydrogen-bond acceptors (Lipinski definition) is 2. The summed E-state index contributed by atoms with van der Waals surface area (Å²) in [4.78, 5) is 11.1. The van der Waals surface area contributed by atoms with Gasteiger partial charge < -0.3 is 4.74 Å². The molecule has 130 valence electrons.